The standard InChI is InChI=1S/C24H19F2O2S/c1-24(2,20-15-18(25)9-12-21(20)26)28-23(27)17-7-10-19(11-8-17)29-14-13-16-5-3-4-6-22(16)29/h3-15H,1-2H3/q+1. The lowest BCUT2D eigenvalue weighted by atomic mass is 9.97. The van der Waals surface area contributed by atoms with Crippen LogP contribution in [0.5, 0.6) is 0 Å². The van der Waals surface area contributed by atoms with Crippen molar-refractivity contribution in [2.45, 2.75) is 19.4 Å². The number of benzene rings is 3. The van der Waals surface area contributed by atoms with E-state index in [0.717, 1.165) is 23.1 Å². The molecule has 0 aliphatic heterocycles. The summed E-state index contributed by atoms with van der Waals surface area (Å²) in [6.45, 7) is 3.08. The number of esters is 1. The minimum atomic E-state index is -1.31. The Morgan fingerprint density at radius 2 is 1.66 bits per heavy atom. The molecule has 1 unspecified atom stereocenters. The molecule has 5 heteroatoms. The van der Waals surface area contributed by atoms with Crippen LogP contribution in [0.1, 0.15) is 29.8 Å². The van der Waals surface area contributed by atoms with Crippen LogP contribution in [0, 0.1) is 11.6 Å². The Labute approximate surface area is 170 Å². The number of halogens is 2. The predicted molar refractivity (Wildman–Crippen MR) is 113 cm³/mol. The van der Waals surface area contributed by atoms with Gasteiger partial charge in [0.1, 0.15) is 22.6 Å². The Hall–Kier alpha value is -3.05. The Morgan fingerprint density at radius 3 is 2.41 bits per heavy atom. The van der Waals surface area contributed by atoms with E-state index in [4.69, 9.17) is 4.74 Å². The van der Waals surface area contributed by atoms with Gasteiger partial charge < -0.3 is 4.74 Å². The van der Waals surface area contributed by atoms with E-state index in [-0.39, 0.29) is 16.0 Å². The van der Waals surface area contributed by atoms with E-state index in [1.54, 1.807) is 26.0 Å². The van der Waals surface area contributed by atoms with E-state index >= 15 is 0 Å². The summed E-state index contributed by atoms with van der Waals surface area (Å²) in [5, 5.41) is 3.37. The second-order valence-corrected chi connectivity index (χ2v) is 9.09. The van der Waals surface area contributed by atoms with Crippen molar-refractivity contribution in [1.82, 2.24) is 0 Å². The second kappa shape index (κ2) is 7.41. The molecule has 1 heterocycles. The molecule has 0 bridgehead atoms. The zero-order valence-corrected chi connectivity index (χ0v) is 16.8. The van der Waals surface area contributed by atoms with E-state index in [2.05, 4.69) is 23.6 Å². The zero-order valence-electron chi connectivity index (χ0n) is 16.0. The normalized spacial score (nSPS) is 12.2. The Balaban J connectivity index is 1.57. The zero-order chi connectivity index (χ0) is 20.6. The van der Waals surface area contributed by atoms with E-state index < -0.39 is 23.2 Å². The van der Waals surface area contributed by atoms with Gasteiger partial charge in [-0.05, 0) is 68.4 Å². The van der Waals surface area contributed by atoms with Gasteiger partial charge in [-0.3, -0.25) is 0 Å². The maximum Gasteiger partial charge on any atom is 0.339 e. The van der Waals surface area contributed by atoms with Gasteiger partial charge in [-0.15, -0.1) is 0 Å². The summed E-state index contributed by atoms with van der Waals surface area (Å²) in [7, 11) is -0.166. The van der Waals surface area contributed by atoms with Crippen LogP contribution in [0.25, 0.3) is 15.0 Å². The van der Waals surface area contributed by atoms with Gasteiger partial charge in [-0.25, -0.2) is 13.6 Å². The molecule has 0 saturated heterocycles. The highest BCUT2D eigenvalue weighted by Crippen LogP contribution is 2.39. The minimum absolute atomic E-state index is 0.00310. The Kier molecular flexibility index (Phi) is 4.92. The van der Waals surface area contributed by atoms with Gasteiger partial charge >= 0.3 is 5.97 Å². The highest BCUT2D eigenvalue weighted by molar-refractivity contribution is 7.43. The number of thiophene rings is 1. The molecule has 0 amide bonds. The average molecular weight is 409 g/mol. The summed E-state index contributed by atoms with van der Waals surface area (Å²) >= 11 is 0. The van der Waals surface area contributed by atoms with Gasteiger partial charge in [0, 0.05) is 27.5 Å². The molecule has 4 aromatic rings. The van der Waals surface area contributed by atoms with Gasteiger partial charge in [0.15, 0.2) is 9.60 Å². The lowest BCUT2D eigenvalue weighted by Crippen LogP contribution is -2.27. The SMILES string of the molecule is CC(C)(OC(=O)c1ccc(-[s+]2ccc3ccccc32)cc1)c1cc(F)ccc1F. The first-order valence-electron chi connectivity index (χ1n) is 9.14. The smallest absolute Gasteiger partial charge is 0.339 e. The van der Waals surface area contributed by atoms with Crippen molar-refractivity contribution in [3.05, 3.63) is 101 Å². The summed E-state index contributed by atoms with van der Waals surface area (Å²) in [4.78, 5) is 13.7. The molecule has 4 rings (SSSR count). The number of ether oxygens (including phenoxy) is 1. The van der Waals surface area contributed by atoms with Gasteiger partial charge in [0.05, 0.1) is 5.56 Å². The van der Waals surface area contributed by atoms with Gasteiger partial charge in [0.2, 0.25) is 0 Å². The minimum Gasteiger partial charge on any atom is -0.451 e. The van der Waals surface area contributed by atoms with Crippen LogP contribution in [0.4, 0.5) is 8.78 Å². The molecule has 0 spiro atoms. The first kappa shape index (κ1) is 19.3. The molecular weight excluding hydrogens is 390 g/mol. The van der Waals surface area contributed by atoms with Crippen molar-refractivity contribution in [2.75, 3.05) is 0 Å². The van der Waals surface area contributed by atoms with Crippen molar-refractivity contribution in [1.29, 1.82) is 0 Å². The highest BCUT2D eigenvalue weighted by Gasteiger charge is 2.30. The molecular formula is C24H19F2O2S+. The van der Waals surface area contributed by atoms with Crippen molar-refractivity contribution >= 4 is 26.5 Å². The average Bonchev–Trinajstić information content (AvgIpc) is 3.13. The molecule has 146 valence electrons. The topological polar surface area (TPSA) is 26.3 Å². The van der Waals surface area contributed by atoms with E-state index in [9.17, 15) is 13.6 Å². The monoisotopic (exact) mass is 409 g/mol. The third kappa shape index (κ3) is 3.78. The van der Waals surface area contributed by atoms with Crippen molar-refractivity contribution in [3.63, 3.8) is 0 Å². The number of rotatable bonds is 4. The summed E-state index contributed by atoms with van der Waals surface area (Å²) in [6.07, 6.45) is 0. The van der Waals surface area contributed by atoms with Crippen LogP contribution < -0.4 is 0 Å². The molecule has 0 radical (unpaired) electrons. The van der Waals surface area contributed by atoms with Crippen molar-refractivity contribution in [2.24, 2.45) is 0 Å². The Morgan fingerprint density at radius 1 is 0.931 bits per heavy atom. The lowest BCUT2D eigenvalue weighted by Gasteiger charge is -2.26. The van der Waals surface area contributed by atoms with Crippen molar-refractivity contribution < 1.29 is 18.3 Å². The molecule has 1 atom stereocenters. The third-order valence-corrected chi connectivity index (χ3v) is 6.84. The quantitative estimate of drug-likeness (QED) is 0.269. The fourth-order valence-corrected chi connectivity index (χ4v) is 5.17. The van der Waals surface area contributed by atoms with Crippen LogP contribution in [0.15, 0.2) is 78.2 Å². The third-order valence-electron chi connectivity index (χ3n) is 4.81. The molecule has 0 aliphatic rings. The maximum atomic E-state index is 14.1. The van der Waals surface area contributed by atoms with Gasteiger partial charge in [-0.1, -0.05) is 12.1 Å². The van der Waals surface area contributed by atoms with E-state index in [0.29, 0.717) is 5.56 Å². The molecule has 0 N–H and O–H groups in total. The highest BCUT2D eigenvalue weighted by atomic mass is 32.2. The molecule has 2 nitrogen and oxygen atoms in total. The number of fused-ring (bicyclic) bond motifs is 1. The number of hydrogen-bond acceptors (Lipinski definition) is 2. The number of carbonyl (C=O) groups excluding carboxylic acids is 1. The molecule has 0 fully saturated rings. The van der Waals surface area contributed by atoms with Gasteiger partial charge in [0.25, 0.3) is 0 Å². The van der Waals surface area contributed by atoms with Crippen molar-refractivity contribution in [3.8, 4) is 4.90 Å². The largest absolute Gasteiger partial charge is 0.451 e. The first-order valence-corrected chi connectivity index (χ1v) is 10.4. The summed E-state index contributed by atoms with van der Waals surface area (Å²) in [5.41, 5.74) is -0.952. The van der Waals surface area contributed by atoms with E-state index in [1.807, 2.05) is 24.3 Å². The Bertz CT molecular complexity index is 1190. The second-order valence-electron chi connectivity index (χ2n) is 7.23. The van der Waals surface area contributed by atoms with Crippen LogP contribution >= 0.6 is 10.5 Å². The van der Waals surface area contributed by atoms with Gasteiger partial charge in [-0.2, -0.15) is 0 Å². The lowest BCUT2D eigenvalue weighted by molar-refractivity contribution is -0.00465. The number of hydrogen-bond donors (Lipinski definition) is 0. The summed E-state index contributed by atoms with van der Waals surface area (Å²) < 4.78 is 34.4. The fourth-order valence-electron chi connectivity index (χ4n) is 3.28. The predicted octanol–water partition coefficient (Wildman–Crippen LogP) is 6.95. The van der Waals surface area contributed by atoms with Crippen LogP contribution in [0.3, 0.4) is 0 Å². The molecule has 1 aromatic heterocycles. The molecule has 3 aromatic carbocycles. The molecule has 0 aliphatic carbocycles. The van der Waals surface area contributed by atoms with Crippen LogP contribution in [-0.2, 0) is 10.3 Å². The van der Waals surface area contributed by atoms with Crippen LogP contribution in [0.2, 0.25) is 0 Å². The number of carbonyl (C=O) groups is 1. The first-order chi connectivity index (χ1) is 13.8. The summed E-state index contributed by atoms with van der Waals surface area (Å²) in [5.74, 6) is -1.79. The summed E-state index contributed by atoms with van der Waals surface area (Å²) in [6, 6.07) is 20.7. The van der Waals surface area contributed by atoms with E-state index in [1.165, 1.54) is 10.1 Å². The molecule has 29 heavy (non-hydrogen) atoms. The fraction of sp³-hybridized carbons (Fsp3) is 0.125. The van der Waals surface area contributed by atoms with Crippen LogP contribution in [-0.4, -0.2) is 5.97 Å². The maximum absolute atomic E-state index is 14.1. The molecule has 0 saturated carbocycles.